The largest absolute Gasteiger partial charge is 0.491 e. The Morgan fingerprint density at radius 3 is 2.57 bits per heavy atom. The van der Waals surface area contributed by atoms with Crippen LogP contribution in [0.4, 0.5) is 0 Å². The quantitative estimate of drug-likeness (QED) is 0.611. The number of carboxylic acids is 1. The summed E-state index contributed by atoms with van der Waals surface area (Å²) in [5.41, 5.74) is 0.751. The average Bonchev–Trinajstić information content (AvgIpc) is 2.95. The molecule has 2 rings (SSSR count). The predicted octanol–water partition coefficient (Wildman–Crippen LogP) is 3.64. The van der Waals surface area contributed by atoms with Gasteiger partial charge < -0.3 is 14.3 Å². The van der Waals surface area contributed by atoms with Crippen LogP contribution in [0.3, 0.4) is 0 Å². The highest BCUT2D eigenvalue weighted by atomic mass is 32.2. The minimum absolute atomic E-state index is 0.0896. The number of aliphatic carboxylic acids is 1. The number of carboxylic acid groups (broad SMARTS) is 1. The van der Waals surface area contributed by atoms with E-state index in [1.807, 2.05) is 20.8 Å². The van der Waals surface area contributed by atoms with Crippen molar-refractivity contribution in [3.05, 3.63) is 40.6 Å². The molecular weight excluding hydrogens is 316 g/mol. The van der Waals surface area contributed by atoms with Gasteiger partial charge in [0.2, 0.25) is 5.89 Å². The van der Waals surface area contributed by atoms with E-state index in [1.165, 1.54) is 0 Å². The van der Waals surface area contributed by atoms with Crippen LogP contribution < -0.4 is 4.74 Å². The van der Waals surface area contributed by atoms with Crippen LogP contribution in [0.1, 0.15) is 32.2 Å². The first kappa shape index (κ1) is 17.1. The van der Waals surface area contributed by atoms with E-state index in [1.54, 1.807) is 30.3 Å². The lowest BCUT2D eigenvalue weighted by molar-refractivity contribution is -0.131. The fourth-order valence-corrected chi connectivity index (χ4v) is 2.41. The summed E-state index contributed by atoms with van der Waals surface area (Å²) in [5.74, 6) is 0.173. The molecule has 122 valence electrons. The van der Waals surface area contributed by atoms with E-state index >= 15 is 0 Å². The highest BCUT2D eigenvalue weighted by Gasteiger charge is 2.14. The zero-order valence-corrected chi connectivity index (χ0v) is 14.0. The molecule has 6 nitrogen and oxygen atoms in total. The molecule has 0 aliphatic carbocycles. The molecule has 1 aromatic carbocycles. The topological polar surface area (TPSA) is 85.5 Å². The molecule has 7 heteroatoms. The monoisotopic (exact) mass is 334 g/mol. The number of rotatable bonds is 7. The third kappa shape index (κ3) is 5.14. The minimum atomic E-state index is -1.05. The third-order valence-corrected chi connectivity index (χ3v) is 3.56. The zero-order chi connectivity index (χ0) is 16.8. The van der Waals surface area contributed by atoms with Crippen molar-refractivity contribution in [1.82, 2.24) is 10.2 Å². The molecule has 0 fully saturated rings. The molecule has 0 aliphatic heterocycles. The number of thioether (sulfide) groups is 1. The fraction of sp³-hybridized carbons (Fsp3) is 0.312. The minimum Gasteiger partial charge on any atom is -0.491 e. The Kier molecular flexibility index (Phi) is 5.81. The van der Waals surface area contributed by atoms with Crippen LogP contribution >= 0.6 is 11.8 Å². The van der Waals surface area contributed by atoms with Crippen molar-refractivity contribution < 1.29 is 19.1 Å². The number of benzene rings is 1. The maximum absolute atomic E-state index is 11.4. The van der Waals surface area contributed by atoms with E-state index in [9.17, 15) is 9.90 Å². The normalized spacial score (nSPS) is 11.7. The maximum atomic E-state index is 11.4. The molecule has 0 saturated carbocycles. The molecule has 0 amide bonds. The fourth-order valence-electron chi connectivity index (χ4n) is 1.72. The van der Waals surface area contributed by atoms with E-state index < -0.39 is 5.97 Å². The van der Waals surface area contributed by atoms with E-state index in [0.29, 0.717) is 12.3 Å². The Labute approximate surface area is 138 Å². The van der Waals surface area contributed by atoms with Crippen LogP contribution in [0, 0.1) is 0 Å². The van der Waals surface area contributed by atoms with Gasteiger partial charge in [0, 0.05) is 6.42 Å². The molecular formula is C16H18N2O4S. The second kappa shape index (κ2) is 7.82. The van der Waals surface area contributed by atoms with Crippen molar-refractivity contribution in [3.8, 4) is 5.75 Å². The molecule has 1 N–H and O–H groups in total. The number of hydrogen-bond acceptors (Lipinski definition) is 6. The second-order valence-corrected chi connectivity index (χ2v) is 5.96. The maximum Gasteiger partial charge on any atom is 0.342 e. The smallest absolute Gasteiger partial charge is 0.342 e. The van der Waals surface area contributed by atoms with E-state index in [2.05, 4.69) is 10.2 Å². The first-order valence-corrected chi connectivity index (χ1v) is 8.01. The van der Waals surface area contributed by atoms with Gasteiger partial charge in [-0.1, -0.05) is 19.1 Å². The number of aromatic nitrogens is 2. The lowest BCUT2D eigenvalue weighted by Crippen LogP contribution is -2.05. The van der Waals surface area contributed by atoms with Gasteiger partial charge in [-0.25, -0.2) is 4.79 Å². The van der Waals surface area contributed by atoms with Crippen molar-refractivity contribution in [2.24, 2.45) is 0 Å². The number of carbonyl (C=O) groups is 1. The molecule has 1 heterocycles. The second-order valence-electron chi connectivity index (χ2n) is 4.97. The number of hydrogen-bond donors (Lipinski definition) is 1. The van der Waals surface area contributed by atoms with Crippen molar-refractivity contribution >= 4 is 23.8 Å². The molecule has 0 radical (unpaired) electrons. The summed E-state index contributed by atoms with van der Waals surface area (Å²) in [6, 6.07) is 7.20. The Morgan fingerprint density at radius 1 is 1.35 bits per heavy atom. The summed E-state index contributed by atoms with van der Waals surface area (Å²) in [7, 11) is 0. The lowest BCUT2D eigenvalue weighted by Gasteiger charge is -2.09. The summed E-state index contributed by atoms with van der Waals surface area (Å²) < 4.78 is 10.9. The molecule has 2 aromatic rings. The lowest BCUT2D eigenvalue weighted by atomic mass is 10.2. The number of aryl methyl sites for hydroxylation is 1. The molecule has 0 unspecified atom stereocenters. The standard InChI is InChI=1S/C16H18N2O4S/c1-4-14-17-18-16(22-14)23-13(15(19)20)9-11-5-7-12(8-6-11)21-10(2)3/h5-10H,4H2,1-3H3,(H,19,20)/b13-9-. The SMILES string of the molecule is CCc1nnc(S/C(=C\c2ccc(OC(C)C)cc2)C(=O)O)o1. The summed E-state index contributed by atoms with van der Waals surface area (Å²) in [4.78, 5) is 11.5. The van der Waals surface area contributed by atoms with Gasteiger partial charge in [0.1, 0.15) is 10.7 Å². The first-order valence-electron chi connectivity index (χ1n) is 7.20. The van der Waals surface area contributed by atoms with Crippen LogP contribution in [0.5, 0.6) is 5.75 Å². The predicted molar refractivity (Wildman–Crippen MR) is 87.4 cm³/mol. The van der Waals surface area contributed by atoms with Crippen molar-refractivity contribution in [2.45, 2.75) is 38.5 Å². The average molecular weight is 334 g/mol. The summed E-state index contributed by atoms with van der Waals surface area (Å²) >= 11 is 0.933. The summed E-state index contributed by atoms with van der Waals surface area (Å²) in [5, 5.41) is 17.2. The Bertz CT molecular complexity index is 692. The van der Waals surface area contributed by atoms with Gasteiger partial charge >= 0.3 is 5.97 Å². The van der Waals surface area contributed by atoms with Crippen LogP contribution in [-0.4, -0.2) is 27.4 Å². The number of nitrogens with zero attached hydrogens (tertiary/aromatic N) is 2. The Morgan fingerprint density at radius 2 is 2.04 bits per heavy atom. The Balaban J connectivity index is 2.16. The highest BCUT2D eigenvalue weighted by Crippen LogP contribution is 2.28. The van der Waals surface area contributed by atoms with E-state index in [-0.39, 0.29) is 16.2 Å². The zero-order valence-electron chi connectivity index (χ0n) is 13.1. The molecule has 23 heavy (non-hydrogen) atoms. The first-order chi connectivity index (χ1) is 11.0. The van der Waals surface area contributed by atoms with Crippen molar-refractivity contribution in [1.29, 1.82) is 0 Å². The van der Waals surface area contributed by atoms with Gasteiger partial charge in [0.15, 0.2) is 0 Å². The summed E-state index contributed by atoms with van der Waals surface area (Å²) in [6.45, 7) is 5.78. The number of ether oxygens (including phenoxy) is 1. The van der Waals surface area contributed by atoms with Crippen LogP contribution in [0.25, 0.3) is 6.08 Å². The summed E-state index contributed by atoms with van der Waals surface area (Å²) in [6.07, 6.45) is 2.26. The van der Waals surface area contributed by atoms with E-state index in [0.717, 1.165) is 23.1 Å². The van der Waals surface area contributed by atoms with Crippen molar-refractivity contribution in [2.75, 3.05) is 0 Å². The van der Waals surface area contributed by atoms with Gasteiger partial charge in [-0.15, -0.1) is 10.2 Å². The van der Waals surface area contributed by atoms with Crippen LogP contribution in [-0.2, 0) is 11.2 Å². The van der Waals surface area contributed by atoms with Crippen LogP contribution in [0.2, 0.25) is 0 Å². The molecule has 0 bridgehead atoms. The Hall–Kier alpha value is -2.28. The van der Waals surface area contributed by atoms with Gasteiger partial charge in [0.25, 0.3) is 5.22 Å². The third-order valence-electron chi connectivity index (χ3n) is 2.71. The highest BCUT2D eigenvalue weighted by molar-refractivity contribution is 8.03. The molecule has 0 saturated heterocycles. The van der Waals surface area contributed by atoms with Crippen LogP contribution in [0.15, 0.2) is 38.8 Å². The molecule has 1 aromatic heterocycles. The van der Waals surface area contributed by atoms with Gasteiger partial charge in [-0.3, -0.25) is 0 Å². The molecule has 0 atom stereocenters. The van der Waals surface area contributed by atoms with Gasteiger partial charge in [0.05, 0.1) is 6.10 Å². The molecule has 0 spiro atoms. The molecule has 0 aliphatic rings. The van der Waals surface area contributed by atoms with Gasteiger partial charge in [-0.05, 0) is 49.4 Å². The van der Waals surface area contributed by atoms with Crippen molar-refractivity contribution in [3.63, 3.8) is 0 Å². The van der Waals surface area contributed by atoms with E-state index in [4.69, 9.17) is 9.15 Å². The van der Waals surface area contributed by atoms with Gasteiger partial charge in [-0.2, -0.15) is 0 Å².